The minimum Gasteiger partial charge on any atom is -0.497 e. The molecule has 0 aromatic heterocycles. The lowest BCUT2D eigenvalue weighted by Crippen LogP contribution is -2.21. The molecule has 2 aromatic carbocycles. The number of ether oxygens (including phenoxy) is 1. The summed E-state index contributed by atoms with van der Waals surface area (Å²) in [6.07, 6.45) is 0. The van der Waals surface area contributed by atoms with Crippen LogP contribution in [-0.4, -0.2) is 25.6 Å². The summed E-state index contributed by atoms with van der Waals surface area (Å²) in [5.74, 6) is 0.893. The van der Waals surface area contributed by atoms with E-state index in [0.717, 1.165) is 5.75 Å². The molecule has 0 bridgehead atoms. The van der Waals surface area contributed by atoms with E-state index in [1.54, 1.807) is 7.11 Å². The Bertz CT molecular complexity index is 726. The first-order valence-electron chi connectivity index (χ1n) is 5.98. The molecule has 9 heteroatoms. The fourth-order valence-electron chi connectivity index (χ4n) is 1.43. The van der Waals surface area contributed by atoms with Gasteiger partial charge in [0.1, 0.15) is 5.75 Å². The molecule has 0 aliphatic heterocycles. The van der Waals surface area contributed by atoms with Gasteiger partial charge in [-0.2, -0.15) is 21.6 Å². The van der Waals surface area contributed by atoms with Crippen molar-refractivity contribution in [1.29, 1.82) is 0 Å². The topological polar surface area (TPSA) is 63.6 Å². The summed E-state index contributed by atoms with van der Waals surface area (Å²) >= 11 is 2.31. The summed E-state index contributed by atoms with van der Waals surface area (Å²) in [7, 11) is -4.16. The number of halogens is 4. The maximum atomic E-state index is 10.7. The lowest BCUT2D eigenvalue weighted by Gasteiger charge is -2.03. The zero-order chi connectivity index (χ0) is 17.7. The Morgan fingerprint density at radius 3 is 1.61 bits per heavy atom. The molecule has 2 rings (SSSR count). The van der Waals surface area contributed by atoms with Gasteiger partial charge in [-0.25, -0.2) is 0 Å². The summed E-state index contributed by atoms with van der Waals surface area (Å²) in [6.45, 7) is 0. The van der Waals surface area contributed by atoms with Crippen LogP contribution < -0.4 is 4.74 Å². The van der Waals surface area contributed by atoms with Crippen molar-refractivity contribution in [2.24, 2.45) is 0 Å². The summed E-state index contributed by atoms with van der Waals surface area (Å²) in [5, 5.41) is 0. The second kappa shape index (κ2) is 7.97. The minimum absolute atomic E-state index is 0.893. The molecule has 0 spiro atoms. The zero-order valence-electron chi connectivity index (χ0n) is 11.7. The van der Waals surface area contributed by atoms with Crippen LogP contribution in [-0.2, 0) is 10.1 Å². The van der Waals surface area contributed by atoms with Gasteiger partial charge in [-0.1, -0.05) is 24.3 Å². The standard InChI is InChI=1S/C13H11IO.CHF3O3S/c1-15-13-8-4-11(5-9-13)10-2-6-12(14)7-3-10;2-1(3,4)8(5,6)7/h2-9H,1H3;(H,5,6,7). The fourth-order valence-corrected chi connectivity index (χ4v) is 1.79. The highest BCUT2D eigenvalue weighted by Gasteiger charge is 2.44. The third kappa shape index (κ3) is 6.36. The molecule has 0 unspecified atom stereocenters. The molecule has 0 aliphatic rings. The number of methoxy groups -OCH3 is 1. The van der Waals surface area contributed by atoms with Crippen LogP contribution in [0.5, 0.6) is 5.75 Å². The number of alkyl halides is 3. The van der Waals surface area contributed by atoms with E-state index in [9.17, 15) is 13.2 Å². The maximum Gasteiger partial charge on any atom is 0.522 e. The van der Waals surface area contributed by atoms with Gasteiger partial charge < -0.3 is 4.74 Å². The van der Waals surface area contributed by atoms with E-state index in [4.69, 9.17) is 17.7 Å². The molecule has 2 aromatic rings. The van der Waals surface area contributed by atoms with Crippen LogP contribution in [0, 0.1) is 3.57 Å². The van der Waals surface area contributed by atoms with E-state index in [2.05, 4.69) is 59.0 Å². The Hall–Kier alpha value is -1.33. The summed E-state index contributed by atoms with van der Waals surface area (Å²) in [5.41, 5.74) is -3.09. The highest BCUT2D eigenvalue weighted by molar-refractivity contribution is 14.1. The molecule has 0 aliphatic carbocycles. The highest BCUT2D eigenvalue weighted by atomic mass is 127. The van der Waals surface area contributed by atoms with E-state index in [1.807, 2.05) is 12.1 Å². The van der Waals surface area contributed by atoms with Crippen LogP contribution in [0.15, 0.2) is 48.5 Å². The Labute approximate surface area is 145 Å². The lowest BCUT2D eigenvalue weighted by molar-refractivity contribution is -0.0510. The monoisotopic (exact) mass is 460 g/mol. The normalized spacial score (nSPS) is 11.4. The molecule has 0 fully saturated rings. The van der Waals surface area contributed by atoms with Crippen LogP contribution >= 0.6 is 22.6 Å². The maximum absolute atomic E-state index is 10.7. The average molecular weight is 460 g/mol. The molecule has 0 atom stereocenters. The van der Waals surface area contributed by atoms with Crippen LogP contribution in [0.25, 0.3) is 11.1 Å². The van der Waals surface area contributed by atoms with Crippen molar-refractivity contribution in [1.82, 2.24) is 0 Å². The number of benzene rings is 2. The second-order valence-corrected chi connectivity index (χ2v) is 6.81. The quantitative estimate of drug-likeness (QED) is 0.411. The van der Waals surface area contributed by atoms with Gasteiger partial charge in [0, 0.05) is 3.57 Å². The van der Waals surface area contributed by atoms with Crippen molar-refractivity contribution in [2.75, 3.05) is 7.11 Å². The van der Waals surface area contributed by atoms with Crippen molar-refractivity contribution in [3.05, 3.63) is 52.1 Å². The Morgan fingerprint density at radius 1 is 0.957 bits per heavy atom. The molecule has 23 heavy (non-hydrogen) atoms. The van der Waals surface area contributed by atoms with Gasteiger partial charge >= 0.3 is 15.6 Å². The summed E-state index contributed by atoms with van der Waals surface area (Å²) < 4.78 is 63.9. The van der Waals surface area contributed by atoms with Gasteiger partial charge in [0.05, 0.1) is 7.11 Å². The Morgan fingerprint density at radius 2 is 1.30 bits per heavy atom. The van der Waals surface area contributed by atoms with Crippen LogP contribution in [0.4, 0.5) is 13.2 Å². The van der Waals surface area contributed by atoms with Crippen molar-refractivity contribution < 1.29 is 30.9 Å². The third-order valence-corrected chi connectivity index (χ3v) is 3.86. The molecule has 0 heterocycles. The molecular weight excluding hydrogens is 448 g/mol. The van der Waals surface area contributed by atoms with Crippen LogP contribution in [0.3, 0.4) is 0 Å². The molecular formula is C14H12F3IO4S. The van der Waals surface area contributed by atoms with E-state index >= 15 is 0 Å². The van der Waals surface area contributed by atoms with E-state index < -0.39 is 15.6 Å². The SMILES string of the molecule is COc1ccc(-c2ccc(I)cc2)cc1.O=S(=O)(O)C(F)(F)F. The molecule has 0 amide bonds. The lowest BCUT2D eigenvalue weighted by atomic mass is 10.1. The average Bonchev–Trinajstić information content (AvgIpc) is 2.47. The van der Waals surface area contributed by atoms with Crippen molar-refractivity contribution in [3.8, 4) is 16.9 Å². The van der Waals surface area contributed by atoms with Gasteiger partial charge in [-0.05, 0) is 58.0 Å². The predicted octanol–water partition coefficient (Wildman–Crippen LogP) is 4.36. The number of rotatable bonds is 2. The first-order valence-corrected chi connectivity index (χ1v) is 8.50. The van der Waals surface area contributed by atoms with Gasteiger partial charge in [-0.3, -0.25) is 4.55 Å². The smallest absolute Gasteiger partial charge is 0.497 e. The first-order chi connectivity index (χ1) is 10.5. The molecule has 126 valence electrons. The van der Waals surface area contributed by atoms with Crippen molar-refractivity contribution in [3.63, 3.8) is 0 Å². The fraction of sp³-hybridized carbons (Fsp3) is 0.143. The minimum atomic E-state index is -5.84. The summed E-state index contributed by atoms with van der Waals surface area (Å²) in [4.78, 5) is 0. The largest absolute Gasteiger partial charge is 0.522 e. The highest BCUT2D eigenvalue weighted by Crippen LogP contribution is 2.23. The third-order valence-electron chi connectivity index (χ3n) is 2.56. The van der Waals surface area contributed by atoms with E-state index in [0.29, 0.717) is 0 Å². The van der Waals surface area contributed by atoms with Gasteiger partial charge in [-0.15, -0.1) is 0 Å². The Balaban J connectivity index is 0.000000284. The van der Waals surface area contributed by atoms with Crippen molar-refractivity contribution in [2.45, 2.75) is 5.51 Å². The van der Waals surface area contributed by atoms with Gasteiger partial charge in [0.2, 0.25) is 0 Å². The Kier molecular flexibility index (Phi) is 6.84. The van der Waals surface area contributed by atoms with Gasteiger partial charge in [0.15, 0.2) is 0 Å². The molecule has 0 radical (unpaired) electrons. The van der Waals surface area contributed by atoms with Gasteiger partial charge in [0.25, 0.3) is 0 Å². The van der Waals surface area contributed by atoms with E-state index in [1.165, 1.54) is 14.7 Å². The number of hydrogen-bond donors (Lipinski definition) is 1. The van der Waals surface area contributed by atoms with E-state index in [-0.39, 0.29) is 0 Å². The zero-order valence-corrected chi connectivity index (χ0v) is 14.7. The predicted molar refractivity (Wildman–Crippen MR) is 88.8 cm³/mol. The van der Waals surface area contributed by atoms with Crippen LogP contribution in [0.2, 0.25) is 0 Å². The second-order valence-electron chi connectivity index (χ2n) is 4.16. The first kappa shape index (κ1) is 19.7. The van der Waals surface area contributed by atoms with Crippen molar-refractivity contribution >= 4 is 32.7 Å². The molecule has 1 N–H and O–H groups in total. The number of hydrogen-bond acceptors (Lipinski definition) is 3. The molecule has 0 saturated carbocycles. The van der Waals surface area contributed by atoms with Crippen LogP contribution in [0.1, 0.15) is 0 Å². The molecule has 0 saturated heterocycles. The molecule has 4 nitrogen and oxygen atoms in total. The summed E-state index contributed by atoms with van der Waals surface area (Å²) in [6, 6.07) is 16.6.